The van der Waals surface area contributed by atoms with Crippen LogP contribution in [0, 0.1) is 11.8 Å². The monoisotopic (exact) mass is 749 g/mol. The molecule has 0 bridgehead atoms. The highest BCUT2D eigenvalue weighted by Gasteiger charge is 2.40. The van der Waals surface area contributed by atoms with Crippen LogP contribution in [0.5, 0.6) is 5.75 Å². The van der Waals surface area contributed by atoms with E-state index in [9.17, 15) is 48.9 Å². The number of rotatable bonds is 20. The Hall–Kier alpha value is -4.46. The van der Waals surface area contributed by atoms with Crippen molar-refractivity contribution in [2.45, 2.75) is 67.9 Å². The van der Waals surface area contributed by atoms with Crippen molar-refractivity contribution in [1.29, 1.82) is 0 Å². The first-order chi connectivity index (χ1) is 24.2. The molecule has 17 nitrogen and oxygen atoms in total. The van der Waals surface area contributed by atoms with Crippen molar-refractivity contribution in [1.82, 2.24) is 25.5 Å². The molecule has 0 spiro atoms. The van der Waals surface area contributed by atoms with E-state index in [1.165, 1.54) is 29.6 Å². The molecule has 3 rings (SSSR count). The molecule has 1 fully saturated rings. The van der Waals surface area contributed by atoms with Gasteiger partial charge < -0.3 is 47.3 Å². The summed E-state index contributed by atoms with van der Waals surface area (Å²) in [4.78, 5) is 98.3. The molecule has 1 aliphatic rings. The topological polar surface area (TPSA) is 288 Å². The molecule has 1 aromatic carbocycles. The molecular formula is C32H43N7O10S2. The summed E-state index contributed by atoms with van der Waals surface area (Å²) in [5, 5.41) is 31.8. The molecule has 19 heteroatoms. The fraction of sp³-hybridized carbons (Fsp3) is 0.500. The molecule has 2 heterocycles. The van der Waals surface area contributed by atoms with Gasteiger partial charge in [0.2, 0.25) is 23.6 Å². The number of aliphatic hydroxyl groups is 1. The molecule has 2 aromatic rings. The van der Waals surface area contributed by atoms with Gasteiger partial charge in [-0.2, -0.15) is 25.3 Å². The van der Waals surface area contributed by atoms with Crippen molar-refractivity contribution in [3.05, 3.63) is 48.0 Å². The van der Waals surface area contributed by atoms with Gasteiger partial charge in [0.05, 0.1) is 30.9 Å². The maximum atomic E-state index is 13.9. The number of nitrogens with zero attached hydrogens (tertiary/aromatic N) is 2. The largest absolute Gasteiger partial charge is 0.508 e. The molecular weight excluding hydrogens is 707 g/mol. The summed E-state index contributed by atoms with van der Waals surface area (Å²) >= 11 is 8.13. The Kier molecular flexibility index (Phi) is 15.4. The molecule has 7 atom stereocenters. The van der Waals surface area contributed by atoms with Crippen molar-refractivity contribution in [2.75, 3.05) is 18.9 Å². The Morgan fingerprint density at radius 1 is 1.00 bits per heavy atom. The number of aromatic nitrogens is 2. The van der Waals surface area contributed by atoms with Crippen molar-refractivity contribution in [3.8, 4) is 5.75 Å². The number of aromatic hydroxyl groups is 1. The lowest BCUT2D eigenvalue weighted by molar-refractivity contribution is -0.143. The third-order valence-electron chi connectivity index (χ3n) is 8.59. The number of primary amides is 1. The molecule has 0 aliphatic carbocycles. The van der Waals surface area contributed by atoms with Crippen LogP contribution in [0.25, 0.3) is 0 Å². The minimum absolute atomic E-state index is 0.00651. The number of phenolic OH excluding ortho intramolecular Hbond substituents is 1. The molecule has 1 saturated heterocycles. The van der Waals surface area contributed by atoms with Gasteiger partial charge in [0.25, 0.3) is 0 Å². The quantitative estimate of drug-likeness (QED) is 0.0667. The highest BCUT2D eigenvalue weighted by molar-refractivity contribution is 7.81. The van der Waals surface area contributed by atoms with Crippen molar-refractivity contribution < 1.29 is 48.9 Å². The van der Waals surface area contributed by atoms with E-state index in [0.29, 0.717) is 17.7 Å². The maximum Gasteiger partial charge on any atom is 0.318 e. The van der Waals surface area contributed by atoms with Gasteiger partial charge in [0, 0.05) is 49.4 Å². The normalized spacial score (nSPS) is 17.7. The maximum absolute atomic E-state index is 13.9. The number of aromatic amines is 1. The molecule has 0 unspecified atom stereocenters. The second-order valence-electron chi connectivity index (χ2n) is 12.3. The molecule has 278 valence electrons. The second-order valence-corrected chi connectivity index (χ2v) is 13.2. The predicted molar refractivity (Wildman–Crippen MR) is 187 cm³/mol. The number of Topliss-reactive ketones (excluding diaryl/α,β-unsaturated/α-hetero) is 2. The summed E-state index contributed by atoms with van der Waals surface area (Å²) in [6.45, 7) is -0.601. The standard InChI is InChI=1S/C32H43N7O10S2/c33-26(27(51)32(48)49)25(43)11-18(9-19-12-35-15-36-19)31(47)39-7-1-2-23(39)30(46)38-22(14-50)24(42)10-17(8-16-3-5-20(41)6-4-16)29(45)37-21(13-40)28(34)44/h3-6,12,15,17-18,21-23,26-27,40-41,50-51H,1-2,7-11,13-14,33H2,(H2,34,44)(H,35,36)(H,37,45)(H,38,46)(H,48,49)/t17-,18-,21+,22+,23+,26-,27-/m1/s1. The van der Waals surface area contributed by atoms with Gasteiger partial charge in [-0.15, -0.1) is 0 Å². The third-order valence-corrected chi connectivity index (χ3v) is 9.50. The number of carboxylic acid groups (broad SMARTS) is 1. The first-order valence-electron chi connectivity index (χ1n) is 16.1. The highest BCUT2D eigenvalue weighted by Crippen LogP contribution is 2.25. The summed E-state index contributed by atoms with van der Waals surface area (Å²) in [7, 11) is 0. The Labute approximate surface area is 304 Å². The van der Waals surface area contributed by atoms with Gasteiger partial charge in [0.15, 0.2) is 11.6 Å². The number of nitrogens with two attached hydrogens (primary N) is 2. The number of carbonyl (C=O) groups excluding carboxylic acids is 6. The Morgan fingerprint density at radius 2 is 1.67 bits per heavy atom. The van der Waals surface area contributed by atoms with Crippen LogP contribution in [0.3, 0.4) is 0 Å². The summed E-state index contributed by atoms with van der Waals surface area (Å²) in [6, 6.07) is 0.782. The number of amides is 4. The van der Waals surface area contributed by atoms with Crippen LogP contribution in [-0.4, -0.2) is 120 Å². The van der Waals surface area contributed by atoms with Gasteiger partial charge in [-0.25, -0.2) is 4.98 Å². The van der Waals surface area contributed by atoms with Crippen molar-refractivity contribution in [2.24, 2.45) is 23.3 Å². The number of carboxylic acids is 1. The van der Waals surface area contributed by atoms with E-state index in [0.717, 1.165) is 0 Å². The SMILES string of the molecule is NC(=O)[C@H](CO)NC(=O)[C@@H](CC(=O)[C@H](CS)NC(=O)[C@@H]1CCCN1C(=O)[C@@H](CC(=O)[C@@H](N)[C@@H](S)C(=O)O)Cc1cnc[nH]1)Cc1ccc(O)cc1. The lowest BCUT2D eigenvalue weighted by atomic mass is 9.91. The smallest absolute Gasteiger partial charge is 0.318 e. The van der Waals surface area contributed by atoms with Gasteiger partial charge in [-0.3, -0.25) is 33.6 Å². The average molecular weight is 750 g/mol. The van der Waals surface area contributed by atoms with Crippen LogP contribution in [0.4, 0.5) is 0 Å². The molecule has 1 aromatic heterocycles. The minimum atomic E-state index is -1.49. The van der Waals surface area contributed by atoms with E-state index in [-0.39, 0.29) is 37.3 Å². The fourth-order valence-electron chi connectivity index (χ4n) is 5.71. The predicted octanol–water partition coefficient (Wildman–Crippen LogP) is -1.87. The van der Waals surface area contributed by atoms with E-state index < -0.39 is 102 Å². The Morgan fingerprint density at radius 3 is 2.24 bits per heavy atom. The number of aliphatic carboxylic acids is 1. The van der Waals surface area contributed by atoms with E-state index in [1.54, 1.807) is 12.1 Å². The van der Waals surface area contributed by atoms with Gasteiger partial charge in [-0.05, 0) is 37.0 Å². The van der Waals surface area contributed by atoms with Gasteiger partial charge in [-0.1, -0.05) is 12.1 Å². The number of H-pyrrole nitrogens is 1. The zero-order valence-corrected chi connectivity index (χ0v) is 29.3. The molecule has 0 radical (unpaired) electrons. The molecule has 51 heavy (non-hydrogen) atoms. The zero-order chi connectivity index (χ0) is 37.8. The van der Waals surface area contributed by atoms with Crippen LogP contribution in [0.2, 0.25) is 0 Å². The number of benzene rings is 1. The number of phenols is 1. The van der Waals surface area contributed by atoms with Crippen molar-refractivity contribution in [3.63, 3.8) is 0 Å². The summed E-state index contributed by atoms with van der Waals surface area (Å²) < 4.78 is 0. The Bertz CT molecular complexity index is 1560. The van der Waals surface area contributed by atoms with Crippen LogP contribution in [0.15, 0.2) is 36.8 Å². The van der Waals surface area contributed by atoms with Crippen molar-refractivity contribution >= 4 is 66.4 Å². The minimum Gasteiger partial charge on any atom is -0.508 e. The fourth-order valence-corrected chi connectivity index (χ4v) is 6.17. The van der Waals surface area contributed by atoms with E-state index in [1.807, 2.05) is 0 Å². The van der Waals surface area contributed by atoms with Crippen LogP contribution in [-0.2, 0) is 46.4 Å². The molecule has 0 saturated carbocycles. The molecule has 10 N–H and O–H groups in total. The number of hydrogen-bond donors (Lipinski definition) is 10. The number of likely N-dealkylation sites (tertiary alicyclic amines) is 1. The lowest BCUT2D eigenvalue weighted by Crippen LogP contribution is -2.53. The third kappa shape index (κ3) is 11.5. The number of hydrogen-bond acceptors (Lipinski definition) is 13. The lowest BCUT2D eigenvalue weighted by Gasteiger charge is -2.30. The summed E-state index contributed by atoms with van der Waals surface area (Å²) in [5.41, 5.74) is 12.2. The number of carbonyl (C=O) groups is 7. The number of ketones is 2. The summed E-state index contributed by atoms with van der Waals surface area (Å²) in [5.74, 6) is -7.93. The van der Waals surface area contributed by atoms with E-state index in [2.05, 4.69) is 45.9 Å². The first kappa shape index (κ1) is 41.0. The van der Waals surface area contributed by atoms with Crippen LogP contribution in [0.1, 0.15) is 36.9 Å². The highest BCUT2D eigenvalue weighted by atomic mass is 32.1. The number of thiol groups is 2. The second kappa shape index (κ2) is 19.2. The average Bonchev–Trinajstić information content (AvgIpc) is 3.81. The number of aliphatic hydroxyl groups excluding tert-OH is 1. The van der Waals surface area contributed by atoms with Crippen LogP contribution < -0.4 is 22.1 Å². The van der Waals surface area contributed by atoms with Crippen LogP contribution >= 0.6 is 25.3 Å². The first-order valence-corrected chi connectivity index (χ1v) is 17.2. The van der Waals surface area contributed by atoms with Gasteiger partial charge in [0.1, 0.15) is 23.1 Å². The zero-order valence-electron chi connectivity index (χ0n) is 27.5. The van der Waals surface area contributed by atoms with Gasteiger partial charge >= 0.3 is 5.97 Å². The summed E-state index contributed by atoms with van der Waals surface area (Å²) in [6.07, 6.45) is 2.70. The van der Waals surface area contributed by atoms with E-state index >= 15 is 0 Å². The number of nitrogens with one attached hydrogen (secondary N) is 3. The molecule has 4 amide bonds. The Balaban J connectivity index is 1.76. The van der Waals surface area contributed by atoms with E-state index in [4.69, 9.17) is 11.5 Å². The molecule has 1 aliphatic heterocycles. The number of imidazole rings is 1.